The zero-order chi connectivity index (χ0) is 16.8. The van der Waals surface area contributed by atoms with Crippen molar-refractivity contribution in [2.45, 2.75) is 34.1 Å². The monoisotopic (exact) mass is 352 g/mol. The van der Waals surface area contributed by atoms with Crippen LogP contribution in [0.25, 0.3) is 30.9 Å². The highest BCUT2D eigenvalue weighted by molar-refractivity contribution is 7.32. The third kappa shape index (κ3) is 2.74. The molecule has 0 bridgehead atoms. The van der Waals surface area contributed by atoms with Crippen molar-refractivity contribution >= 4 is 42.3 Å². The summed E-state index contributed by atoms with van der Waals surface area (Å²) in [6, 6.07) is 8.98. The molecule has 0 saturated heterocycles. The molecule has 0 aliphatic heterocycles. The van der Waals surface area contributed by atoms with Gasteiger partial charge in [0.1, 0.15) is 11.8 Å². The van der Waals surface area contributed by atoms with Gasteiger partial charge in [-0.3, -0.25) is 0 Å². The van der Waals surface area contributed by atoms with Crippen LogP contribution in [0.3, 0.4) is 0 Å². The van der Waals surface area contributed by atoms with E-state index < -0.39 is 0 Å². The van der Waals surface area contributed by atoms with Crippen LogP contribution in [-0.4, -0.2) is 9.97 Å². The Balaban J connectivity index is 1.91. The predicted octanol–water partition coefficient (Wildman–Crippen LogP) is 6.39. The van der Waals surface area contributed by atoms with Gasteiger partial charge in [0, 0.05) is 15.1 Å². The third-order valence-electron chi connectivity index (χ3n) is 4.08. The molecule has 0 unspecified atom stereocenters. The maximum absolute atomic E-state index is 4.61. The van der Waals surface area contributed by atoms with Crippen LogP contribution < -0.4 is 0 Å². The molecule has 0 fully saturated rings. The van der Waals surface area contributed by atoms with Crippen LogP contribution in [0.5, 0.6) is 0 Å². The van der Waals surface area contributed by atoms with E-state index in [0.717, 1.165) is 17.6 Å². The zero-order valence-electron chi connectivity index (χ0n) is 14.4. The van der Waals surface area contributed by atoms with Crippen molar-refractivity contribution in [1.29, 1.82) is 0 Å². The van der Waals surface area contributed by atoms with E-state index in [-0.39, 0.29) is 0 Å². The summed E-state index contributed by atoms with van der Waals surface area (Å²) in [4.78, 5) is 10.7. The van der Waals surface area contributed by atoms with Crippen molar-refractivity contribution in [2.75, 3.05) is 0 Å². The van der Waals surface area contributed by atoms with Crippen molar-refractivity contribution in [3.8, 4) is 11.3 Å². The van der Waals surface area contributed by atoms with Gasteiger partial charge >= 0.3 is 0 Å². The van der Waals surface area contributed by atoms with Gasteiger partial charge in [0.25, 0.3) is 0 Å². The molecule has 0 saturated carbocycles. The minimum absolute atomic E-state index is 0.685. The molecule has 0 aliphatic rings. The van der Waals surface area contributed by atoms with Crippen molar-refractivity contribution in [1.82, 2.24) is 9.97 Å². The number of benzene rings is 1. The van der Waals surface area contributed by atoms with Gasteiger partial charge in [-0.1, -0.05) is 31.0 Å². The Bertz CT molecular complexity index is 1020. The molecule has 122 valence electrons. The summed E-state index contributed by atoms with van der Waals surface area (Å²) in [5, 5.41) is 0. The molecular weight excluding hydrogens is 332 g/mol. The molecular formula is C20H20N2S2. The second kappa shape index (κ2) is 5.94. The number of fused-ring (bicyclic) bond motifs is 3. The fraction of sp³-hybridized carbons (Fsp3) is 0.300. The van der Waals surface area contributed by atoms with Gasteiger partial charge in [0.15, 0.2) is 0 Å². The summed E-state index contributed by atoms with van der Waals surface area (Å²) in [7, 11) is 0. The van der Waals surface area contributed by atoms with Gasteiger partial charge in [-0.2, -0.15) is 0 Å². The number of thiophene rings is 2. The summed E-state index contributed by atoms with van der Waals surface area (Å²) < 4.78 is 3.87. The van der Waals surface area contributed by atoms with Gasteiger partial charge in [-0.25, -0.2) is 9.97 Å². The smallest absolute Gasteiger partial charge is 0.116 e. The van der Waals surface area contributed by atoms with Crippen molar-refractivity contribution in [3.63, 3.8) is 0 Å². The first kappa shape index (κ1) is 15.7. The second-order valence-electron chi connectivity index (χ2n) is 6.88. The van der Waals surface area contributed by atoms with E-state index in [1.807, 2.05) is 22.7 Å². The lowest BCUT2D eigenvalue weighted by Crippen LogP contribution is -1.89. The summed E-state index contributed by atoms with van der Waals surface area (Å²) in [6.07, 6.45) is 2.85. The first-order valence-electron chi connectivity index (χ1n) is 8.26. The molecule has 0 amide bonds. The second-order valence-corrected chi connectivity index (χ2v) is 9.07. The Kier molecular flexibility index (Phi) is 3.89. The number of hydrogen-bond donors (Lipinski definition) is 0. The van der Waals surface area contributed by atoms with E-state index in [0.29, 0.717) is 5.92 Å². The van der Waals surface area contributed by atoms with Crippen LogP contribution in [-0.2, 0) is 6.42 Å². The molecule has 1 aromatic carbocycles. The van der Waals surface area contributed by atoms with E-state index in [1.165, 1.54) is 35.7 Å². The molecule has 0 N–H and O–H groups in total. The fourth-order valence-electron chi connectivity index (χ4n) is 3.23. The van der Waals surface area contributed by atoms with Gasteiger partial charge in [0.05, 0.1) is 15.1 Å². The van der Waals surface area contributed by atoms with E-state index in [1.54, 1.807) is 6.33 Å². The number of rotatable bonds is 3. The SMILES string of the molecule is Cc1cc(C)cc(-c2ncnc3c2sc2cc(CC(C)C)sc23)c1. The molecule has 4 aromatic rings. The lowest BCUT2D eigenvalue weighted by molar-refractivity contribution is 0.654. The maximum Gasteiger partial charge on any atom is 0.116 e. The number of aryl methyl sites for hydroxylation is 2. The van der Waals surface area contributed by atoms with Gasteiger partial charge in [-0.05, 0) is 44.4 Å². The Morgan fingerprint density at radius 2 is 1.67 bits per heavy atom. The maximum atomic E-state index is 4.61. The zero-order valence-corrected chi connectivity index (χ0v) is 16.0. The molecule has 0 radical (unpaired) electrons. The molecule has 2 nitrogen and oxygen atoms in total. The van der Waals surface area contributed by atoms with Crippen LogP contribution in [0.1, 0.15) is 29.9 Å². The molecule has 0 aliphatic carbocycles. The number of nitrogens with zero attached hydrogens (tertiary/aromatic N) is 2. The van der Waals surface area contributed by atoms with Crippen LogP contribution in [0.2, 0.25) is 0 Å². The van der Waals surface area contributed by atoms with Gasteiger partial charge < -0.3 is 0 Å². The minimum Gasteiger partial charge on any atom is -0.235 e. The first-order valence-corrected chi connectivity index (χ1v) is 9.89. The van der Waals surface area contributed by atoms with Crippen LogP contribution in [0.15, 0.2) is 30.6 Å². The average molecular weight is 353 g/mol. The highest BCUT2D eigenvalue weighted by Gasteiger charge is 2.16. The molecule has 4 rings (SSSR count). The highest BCUT2D eigenvalue weighted by atomic mass is 32.1. The van der Waals surface area contributed by atoms with Crippen LogP contribution >= 0.6 is 22.7 Å². The minimum atomic E-state index is 0.685. The lowest BCUT2D eigenvalue weighted by atomic mass is 10.0. The Labute approximate surface area is 150 Å². The average Bonchev–Trinajstić information content (AvgIpc) is 3.02. The largest absolute Gasteiger partial charge is 0.235 e. The molecule has 24 heavy (non-hydrogen) atoms. The first-order chi connectivity index (χ1) is 11.5. The number of hydrogen-bond acceptors (Lipinski definition) is 4. The third-order valence-corrected chi connectivity index (χ3v) is 6.51. The standard InChI is InChI=1S/C20H20N2S2/c1-11(2)5-15-9-16-19(23-15)18-20(24-16)17(21-10-22-18)14-7-12(3)6-13(4)8-14/h6-11H,5H2,1-4H3. The van der Waals surface area contributed by atoms with Crippen LogP contribution in [0.4, 0.5) is 0 Å². The van der Waals surface area contributed by atoms with E-state index in [9.17, 15) is 0 Å². The van der Waals surface area contributed by atoms with Crippen molar-refractivity contribution in [3.05, 3.63) is 46.6 Å². The molecule has 3 aromatic heterocycles. The van der Waals surface area contributed by atoms with Crippen molar-refractivity contribution < 1.29 is 0 Å². The molecule has 0 spiro atoms. The lowest BCUT2D eigenvalue weighted by Gasteiger charge is -2.05. The summed E-state index contributed by atoms with van der Waals surface area (Å²) in [5.74, 6) is 0.685. The Morgan fingerprint density at radius 3 is 2.38 bits per heavy atom. The Morgan fingerprint density at radius 1 is 0.917 bits per heavy atom. The predicted molar refractivity (Wildman–Crippen MR) is 106 cm³/mol. The fourth-order valence-corrected chi connectivity index (χ4v) is 6.01. The molecule has 4 heteroatoms. The summed E-state index contributed by atoms with van der Waals surface area (Å²) in [6.45, 7) is 8.82. The molecule has 3 heterocycles. The van der Waals surface area contributed by atoms with Crippen LogP contribution in [0, 0.1) is 19.8 Å². The van der Waals surface area contributed by atoms with E-state index in [2.05, 4.69) is 61.9 Å². The van der Waals surface area contributed by atoms with E-state index in [4.69, 9.17) is 0 Å². The quantitative estimate of drug-likeness (QED) is 0.427. The van der Waals surface area contributed by atoms with Gasteiger partial charge in [-0.15, -0.1) is 22.7 Å². The topological polar surface area (TPSA) is 25.8 Å². The van der Waals surface area contributed by atoms with Gasteiger partial charge in [0.2, 0.25) is 0 Å². The Hall–Kier alpha value is -1.78. The van der Waals surface area contributed by atoms with E-state index >= 15 is 0 Å². The normalized spacial score (nSPS) is 11.9. The molecule has 0 atom stereocenters. The van der Waals surface area contributed by atoms with Crippen molar-refractivity contribution in [2.24, 2.45) is 5.92 Å². The summed E-state index contributed by atoms with van der Waals surface area (Å²) >= 11 is 3.72. The summed E-state index contributed by atoms with van der Waals surface area (Å²) in [5.41, 5.74) is 5.91. The highest BCUT2D eigenvalue weighted by Crippen LogP contribution is 2.42. The number of aromatic nitrogens is 2.